The number of para-hydroxylation sites is 1. The third-order valence-electron chi connectivity index (χ3n) is 2.00. The van der Waals surface area contributed by atoms with E-state index in [4.69, 9.17) is 0 Å². The Morgan fingerprint density at radius 3 is 2.53 bits per heavy atom. The third kappa shape index (κ3) is 2.54. The van der Waals surface area contributed by atoms with Crippen LogP contribution in [0.1, 0.15) is 6.92 Å². The van der Waals surface area contributed by atoms with E-state index in [1.807, 2.05) is 18.2 Å². The second-order valence-electron chi connectivity index (χ2n) is 3.35. The van der Waals surface area contributed by atoms with Gasteiger partial charge in [-0.25, -0.2) is 9.98 Å². The summed E-state index contributed by atoms with van der Waals surface area (Å²) < 4.78 is 0. The number of amides is 2. The molecule has 1 aliphatic rings. The Kier molecular flexibility index (Phi) is 2.95. The van der Waals surface area contributed by atoms with Crippen molar-refractivity contribution in [1.82, 2.24) is 10.9 Å². The Hall–Kier alpha value is -2.50. The first-order chi connectivity index (χ1) is 8.16. The predicted molar refractivity (Wildman–Crippen MR) is 62.9 cm³/mol. The van der Waals surface area contributed by atoms with Crippen LogP contribution in [0.3, 0.4) is 0 Å². The van der Waals surface area contributed by atoms with Crippen LogP contribution in [0.2, 0.25) is 0 Å². The molecule has 6 heteroatoms. The molecule has 0 atom stereocenters. The number of nitrogens with one attached hydrogen (secondary N) is 2. The van der Waals surface area contributed by atoms with Gasteiger partial charge in [-0.1, -0.05) is 18.2 Å². The number of benzene rings is 1. The fourth-order valence-corrected chi connectivity index (χ4v) is 1.32. The zero-order valence-electron chi connectivity index (χ0n) is 9.10. The summed E-state index contributed by atoms with van der Waals surface area (Å²) in [6.07, 6.45) is 0. The number of rotatable bonds is 1. The molecule has 0 saturated carbocycles. The summed E-state index contributed by atoms with van der Waals surface area (Å²) in [5.41, 5.74) is 5.59. The molecular formula is C11H10N4O2. The molecule has 86 valence electrons. The monoisotopic (exact) mass is 230 g/mol. The van der Waals surface area contributed by atoms with E-state index in [1.54, 1.807) is 12.1 Å². The van der Waals surface area contributed by atoms with Crippen molar-refractivity contribution >= 4 is 29.0 Å². The highest BCUT2D eigenvalue weighted by Crippen LogP contribution is 2.10. The number of amidine groups is 1. The summed E-state index contributed by atoms with van der Waals surface area (Å²) in [5.74, 6) is -0.661. The van der Waals surface area contributed by atoms with Crippen molar-refractivity contribution in [3.8, 4) is 0 Å². The highest BCUT2D eigenvalue weighted by Gasteiger charge is 2.26. The van der Waals surface area contributed by atoms with Gasteiger partial charge in [0.25, 0.3) is 5.91 Å². The molecule has 2 rings (SSSR count). The SMILES string of the molecule is CC(=O)N=C1C(=O)NNC1=Nc1ccccc1. The molecule has 1 heterocycles. The van der Waals surface area contributed by atoms with Crippen LogP contribution < -0.4 is 10.9 Å². The zero-order valence-corrected chi connectivity index (χ0v) is 9.10. The van der Waals surface area contributed by atoms with E-state index in [-0.39, 0.29) is 11.5 Å². The number of aliphatic imine (C=N–C) groups is 2. The standard InChI is InChI=1S/C11H10N4O2/c1-7(16)12-9-10(14-15-11(9)17)13-8-5-3-2-4-6-8/h2-6H,1H3,(H2,12,13,14,15,16,17). The summed E-state index contributed by atoms with van der Waals surface area (Å²) in [6, 6.07) is 9.07. The first kappa shape index (κ1) is 11.0. The van der Waals surface area contributed by atoms with E-state index in [1.165, 1.54) is 6.92 Å². The molecule has 2 N–H and O–H groups in total. The van der Waals surface area contributed by atoms with Gasteiger partial charge in [-0.2, -0.15) is 0 Å². The summed E-state index contributed by atoms with van der Waals surface area (Å²) in [6.45, 7) is 1.28. The minimum atomic E-state index is -0.463. The molecule has 1 aromatic rings. The van der Waals surface area contributed by atoms with Gasteiger partial charge >= 0.3 is 0 Å². The van der Waals surface area contributed by atoms with Crippen LogP contribution in [0.5, 0.6) is 0 Å². The lowest BCUT2D eigenvalue weighted by Gasteiger charge is -1.97. The van der Waals surface area contributed by atoms with E-state index in [0.29, 0.717) is 5.69 Å². The average molecular weight is 230 g/mol. The maximum atomic E-state index is 11.4. The van der Waals surface area contributed by atoms with Gasteiger partial charge in [0.15, 0.2) is 11.5 Å². The number of hydrogen-bond donors (Lipinski definition) is 2. The number of hydrazine groups is 1. The number of carbonyl (C=O) groups is 2. The van der Waals surface area contributed by atoms with Crippen LogP contribution in [0.15, 0.2) is 40.3 Å². The van der Waals surface area contributed by atoms with Gasteiger partial charge < -0.3 is 0 Å². The smallest absolute Gasteiger partial charge is 0.280 e. The molecule has 0 radical (unpaired) electrons. The van der Waals surface area contributed by atoms with Gasteiger partial charge in [0.2, 0.25) is 5.91 Å². The van der Waals surface area contributed by atoms with Gasteiger partial charge in [0, 0.05) is 6.92 Å². The maximum Gasteiger partial charge on any atom is 0.292 e. The molecule has 17 heavy (non-hydrogen) atoms. The first-order valence-electron chi connectivity index (χ1n) is 4.96. The molecule has 0 aromatic heterocycles. The molecule has 2 amide bonds. The Balaban J connectivity index is 2.36. The summed E-state index contributed by atoms with van der Waals surface area (Å²) >= 11 is 0. The molecule has 6 nitrogen and oxygen atoms in total. The Morgan fingerprint density at radius 1 is 1.18 bits per heavy atom. The van der Waals surface area contributed by atoms with Crippen molar-refractivity contribution in [3.05, 3.63) is 30.3 Å². The maximum absolute atomic E-state index is 11.4. The van der Waals surface area contributed by atoms with Crippen molar-refractivity contribution in [3.63, 3.8) is 0 Å². The normalized spacial score (nSPS) is 19.2. The zero-order chi connectivity index (χ0) is 12.3. The van der Waals surface area contributed by atoms with Gasteiger partial charge in [-0.3, -0.25) is 20.4 Å². The highest BCUT2D eigenvalue weighted by atomic mass is 16.2. The molecule has 0 unspecified atom stereocenters. The summed E-state index contributed by atoms with van der Waals surface area (Å²) in [7, 11) is 0. The first-order valence-corrected chi connectivity index (χ1v) is 4.96. The van der Waals surface area contributed by atoms with Gasteiger partial charge in [0.1, 0.15) is 0 Å². The fraction of sp³-hybridized carbons (Fsp3) is 0.0909. The molecule has 1 aromatic carbocycles. The van der Waals surface area contributed by atoms with Crippen LogP contribution in [0.4, 0.5) is 5.69 Å². The predicted octanol–water partition coefficient (Wildman–Crippen LogP) is 0.338. The molecule has 0 bridgehead atoms. The summed E-state index contributed by atoms with van der Waals surface area (Å²) in [5, 5.41) is 0. The second-order valence-corrected chi connectivity index (χ2v) is 3.35. The lowest BCUT2D eigenvalue weighted by Crippen LogP contribution is -2.28. The Labute approximate surface area is 97.4 Å². The van der Waals surface area contributed by atoms with Gasteiger partial charge in [0.05, 0.1) is 5.69 Å². The molecule has 0 aliphatic carbocycles. The lowest BCUT2D eigenvalue weighted by atomic mass is 10.3. The van der Waals surface area contributed by atoms with E-state index < -0.39 is 11.8 Å². The summed E-state index contributed by atoms with van der Waals surface area (Å²) in [4.78, 5) is 30.1. The van der Waals surface area contributed by atoms with Crippen LogP contribution >= 0.6 is 0 Å². The van der Waals surface area contributed by atoms with E-state index in [0.717, 1.165) is 0 Å². The Morgan fingerprint density at radius 2 is 1.88 bits per heavy atom. The largest absolute Gasteiger partial charge is 0.292 e. The topological polar surface area (TPSA) is 82.9 Å². The lowest BCUT2D eigenvalue weighted by molar-refractivity contribution is -0.117. The molecule has 0 spiro atoms. The fourth-order valence-electron chi connectivity index (χ4n) is 1.32. The van der Waals surface area contributed by atoms with Crippen molar-refractivity contribution in [1.29, 1.82) is 0 Å². The second kappa shape index (κ2) is 4.56. The van der Waals surface area contributed by atoms with E-state index in [9.17, 15) is 9.59 Å². The van der Waals surface area contributed by atoms with Gasteiger partial charge in [-0.15, -0.1) is 0 Å². The van der Waals surface area contributed by atoms with Crippen molar-refractivity contribution in [2.45, 2.75) is 6.92 Å². The van der Waals surface area contributed by atoms with Gasteiger partial charge in [-0.05, 0) is 12.1 Å². The molecule has 1 fully saturated rings. The number of carbonyl (C=O) groups excluding carboxylic acids is 2. The van der Waals surface area contributed by atoms with Crippen LogP contribution in [0.25, 0.3) is 0 Å². The molecule has 1 aliphatic heterocycles. The van der Waals surface area contributed by atoms with E-state index >= 15 is 0 Å². The molecule has 1 saturated heterocycles. The van der Waals surface area contributed by atoms with E-state index in [2.05, 4.69) is 20.8 Å². The van der Waals surface area contributed by atoms with Crippen molar-refractivity contribution in [2.24, 2.45) is 9.98 Å². The number of nitrogens with zero attached hydrogens (tertiary/aromatic N) is 2. The average Bonchev–Trinajstić information content (AvgIpc) is 2.62. The number of hydrogen-bond acceptors (Lipinski definition) is 3. The van der Waals surface area contributed by atoms with Crippen molar-refractivity contribution in [2.75, 3.05) is 0 Å². The molecular weight excluding hydrogens is 220 g/mol. The quantitative estimate of drug-likeness (QED) is 0.729. The van der Waals surface area contributed by atoms with Crippen molar-refractivity contribution < 1.29 is 9.59 Å². The minimum Gasteiger partial charge on any atom is -0.280 e. The van der Waals surface area contributed by atoms with Crippen LogP contribution in [-0.4, -0.2) is 23.4 Å². The van der Waals surface area contributed by atoms with Crippen LogP contribution in [0, 0.1) is 0 Å². The third-order valence-corrected chi connectivity index (χ3v) is 2.00. The minimum absolute atomic E-state index is 0.00125. The van der Waals surface area contributed by atoms with Crippen LogP contribution in [-0.2, 0) is 9.59 Å². The highest BCUT2D eigenvalue weighted by molar-refractivity contribution is 6.69. The Bertz CT molecular complexity index is 520.